The van der Waals surface area contributed by atoms with Crippen LogP contribution in [0.25, 0.3) is 0 Å². The Morgan fingerprint density at radius 1 is 1.26 bits per heavy atom. The molecule has 1 aromatic rings. The van der Waals surface area contributed by atoms with E-state index in [1.807, 2.05) is 0 Å². The summed E-state index contributed by atoms with van der Waals surface area (Å²) < 4.78 is -0.914. The molecular formula is C10H10BrN3O5. The molecule has 9 heteroatoms. The normalized spacial score (nSPS) is 10.9. The van der Waals surface area contributed by atoms with Crippen LogP contribution in [0.5, 0.6) is 0 Å². The van der Waals surface area contributed by atoms with Crippen LogP contribution in [0.1, 0.15) is 13.8 Å². The molecule has 0 aromatic heterocycles. The molecule has 0 fully saturated rings. The summed E-state index contributed by atoms with van der Waals surface area (Å²) in [6.07, 6.45) is 0. The highest BCUT2D eigenvalue weighted by Gasteiger charge is 2.27. The Balaban J connectivity index is 3.18. The van der Waals surface area contributed by atoms with E-state index in [-0.39, 0.29) is 5.69 Å². The number of rotatable bonds is 4. The van der Waals surface area contributed by atoms with E-state index in [9.17, 15) is 25.0 Å². The van der Waals surface area contributed by atoms with Gasteiger partial charge in [0, 0.05) is 6.07 Å². The summed E-state index contributed by atoms with van der Waals surface area (Å²) in [5.74, 6) is -0.496. The largest absolute Gasteiger partial charge is 0.319 e. The van der Waals surface area contributed by atoms with Crippen molar-refractivity contribution in [1.82, 2.24) is 0 Å². The first-order valence-electron chi connectivity index (χ1n) is 5.06. The van der Waals surface area contributed by atoms with Crippen molar-refractivity contribution in [2.45, 2.75) is 18.2 Å². The average Bonchev–Trinajstić information content (AvgIpc) is 2.27. The average molecular weight is 332 g/mol. The van der Waals surface area contributed by atoms with Crippen molar-refractivity contribution in [3.05, 3.63) is 38.4 Å². The third kappa shape index (κ3) is 3.71. The Kier molecular flexibility index (Phi) is 4.20. The Bertz CT molecular complexity index is 553. The summed E-state index contributed by atoms with van der Waals surface area (Å²) in [4.78, 5) is 31.6. The summed E-state index contributed by atoms with van der Waals surface area (Å²) in [5, 5.41) is 23.8. The Morgan fingerprint density at radius 2 is 1.84 bits per heavy atom. The summed E-state index contributed by atoms with van der Waals surface area (Å²) in [6, 6.07) is 3.02. The molecule has 0 spiro atoms. The number of nitro groups is 2. The molecule has 0 heterocycles. The minimum Gasteiger partial charge on any atom is -0.319 e. The van der Waals surface area contributed by atoms with Crippen LogP contribution in [0.3, 0.4) is 0 Å². The van der Waals surface area contributed by atoms with Gasteiger partial charge in [0.1, 0.15) is 5.69 Å². The highest BCUT2D eigenvalue weighted by atomic mass is 79.9. The first-order chi connectivity index (χ1) is 8.62. The molecule has 0 aliphatic rings. The zero-order chi connectivity index (χ0) is 14.8. The second-order valence-electron chi connectivity index (χ2n) is 4.14. The van der Waals surface area contributed by atoms with Gasteiger partial charge in [-0.3, -0.25) is 25.0 Å². The molecule has 0 saturated carbocycles. The maximum absolute atomic E-state index is 11.7. The molecule has 8 nitrogen and oxygen atoms in total. The molecular weight excluding hydrogens is 322 g/mol. The fourth-order valence-electron chi connectivity index (χ4n) is 1.16. The SMILES string of the molecule is CC(C)(Br)C(=O)Nc1ccc([N+](=O)[O-])cc1[N+](=O)[O-]. The lowest BCUT2D eigenvalue weighted by molar-refractivity contribution is -0.393. The van der Waals surface area contributed by atoms with Crippen molar-refractivity contribution in [1.29, 1.82) is 0 Å². The molecule has 0 unspecified atom stereocenters. The van der Waals surface area contributed by atoms with Crippen molar-refractivity contribution >= 4 is 38.9 Å². The first kappa shape index (κ1) is 15.0. The highest BCUT2D eigenvalue weighted by molar-refractivity contribution is 9.10. The number of nitrogens with zero attached hydrogens (tertiary/aromatic N) is 2. The molecule has 0 atom stereocenters. The topological polar surface area (TPSA) is 115 Å². The number of amides is 1. The van der Waals surface area contributed by atoms with Crippen LogP contribution >= 0.6 is 15.9 Å². The second kappa shape index (κ2) is 5.31. The molecule has 0 bridgehead atoms. The monoisotopic (exact) mass is 331 g/mol. The van der Waals surface area contributed by atoms with Gasteiger partial charge in [-0.15, -0.1) is 0 Å². The quantitative estimate of drug-likeness (QED) is 0.517. The van der Waals surface area contributed by atoms with Gasteiger partial charge in [-0.1, -0.05) is 15.9 Å². The van der Waals surface area contributed by atoms with Gasteiger partial charge < -0.3 is 5.32 Å². The van der Waals surface area contributed by atoms with E-state index in [2.05, 4.69) is 21.2 Å². The Hall–Kier alpha value is -2.03. The number of anilines is 1. The lowest BCUT2D eigenvalue weighted by atomic mass is 10.2. The highest BCUT2D eigenvalue weighted by Crippen LogP contribution is 2.30. The van der Waals surface area contributed by atoms with E-state index >= 15 is 0 Å². The maximum atomic E-state index is 11.7. The number of hydrogen-bond acceptors (Lipinski definition) is 5. The number of carbonyl (C=O) groups is 1. The Labute approximate surface area is 116 Å². The summed E-state index contributed by atoms with van der Waals surface area (Å²) in [7, 11) is 0. The fraction of sp³-hybridized carbons (Fsp3) is 0.300. The van der Waals surface area contributed by atoms with Crippen LogP contribution in [0.2, 0.25) is 0 Å². The van der Waals surface area contributed by atoms with E-state index in [1.165, 1.54) is 0 Å². The van der Waals surface area contributed by atoms with E-state index in [0.29, 0.717) is 0 Å². The lowest BCUT2D eigenvalue weighted by Crippen LogP contribution is -2.31. The second-order valence-corrected chi connectivity index (χ2v) is 6.12. The van der Waals surface area contributed by atoms with Crippen molar-refractivity contribution in [3.63, 3.8) is 0 Å². The van der Waals surface area contributed by atoms with Crippen LogP contribution in [-0.2, 0) is 4.79 Å². The van der Waals surface area contributed by atoms with Crippen LogP contribution < -0.4 is 5.32 Å². The number of nitrogens with one attached hydrogen (secondary N) is 1. The molecule has 102 valence electrons. The van der Waals surface area contributed by atoms with Gasteiger partial charge in [-0.2, -0.15) is 0 Å². The predicted molar refractivity (Wildman–Crippen MR) is 71.4 cm³/mol. The van der Waals surface area contributed by atoms with E-state index in [1.54, 1.807) is 13.8 Å². The summed E-state index contributed by atoms with van der Waals surface area (Å²) in [5.41, 5.74) is -1.03. The predicted octanol–water partition coefficient (Wildman–Crippen LogP) is 2.62. The number of non-ortho nitro benzene ring substituents is 1. The standard InChI is InChI=1S/C10H10BrN3O5/c1-10(2,11)9(15)12-7-4-3-6(13(16)17)5-8(7)14(18)19/h3-5H,1-2H3,(H,12,15). The van der Waals surface area contributed by atoms with Crippen molar-refractivity contribution in [2.24, 2.45) is 0 Å². The minimum atomic E-state index is -0.914. The number of carbonyl (C=O) groups excluding carboxylic acids is 1. The molecule has 0 aliphatic heterocycles. The molecule has 1 rings (SSSR count). The molecule has 19 heavy (non-hydrogen) atoms. The maximum Gasteiger partial charge on any atom is 0.299 e. The molecule has 1 aromatic carbocycles. The van der Waals surface area contributed by atoms with Gasteiger partial charge in [0.15, 0.2) is 0 Å². The number of alkyl halides is 1. The fourth-order valence-corrected chi connectivity index (χ4v) is 1.26. The summed E-state index contributed by atoms with van der Waals surface area (Å²) in [6.45, 7) is 3.14. The minimum absolute atomic E-state index is 0.0897. The van der Waals surface area contributed by atoms with Crippen molar-refractivity contribution in [2.75, 3.05) is 5.32 Å². The van der Waals surface area contributed by atoms with Crippen molar-refractivity contribution < 1.29 is 14.6 Å². The van der Waals surface area contributed by atoms with Crippen LogP contribution in [0.15, 0.2) is 18.2 Å². The number of benzene rings is 1. The molecule has 0 radical (unpaired) electrons. The van der Waals surface area contributed by atoms with E-state index in [4.69, 9.17) is 0 Å². The third-order valence-electron chi connectivity index (χ3n) is 2.18. The van der Waals surface area contributed by atoms with Gasteiger partial charge in [-0.05, 0) is 19.9 Å². The van der Waals surface area contributed by atoms with Crippen LogP contribution in [0, 0.1) is 20.2 Å². The number of halogens is 1. The van der Waals surface area contributed by atoms with E-state index < -0.39 is 31.5 Å². The van der Waals surface area contributed by atoms with Gasteiger partial charge in [-0.25, -0.2) is 0 Å². The van der Waals surface area contributed by atoms with Crippen molar-refractivity contribution in [3.8, 4) is 0 Å². The first-order valence-corrected chi connectivity index (χ1v) is 5.85. The zero-order valence-electron chi connectivity index (χ0n) is 10.0. The molecule has 0 saturated heterocycles. The number of nitro benzene ring substituents is 2. The zero-order valence-corrected chi connectivity index (χ0v) is 11.6. The van der Waals surface area contributed by atoms with Crippen LogP contribution in [-0.4, -0.2) is 20.1 Å². The van der Waals surface area contributed by atoms with Gasteiger partial charge >= 0.3 is 0 Å². The lowest BCUT2D eigenvalue weighted by Gasteiger charge is -2.15. The van der Waals surface area contributed by atoms with Gasteiger partial charge in [0.2, 0.25) is 5.91 Å². The molecule has 0 aliphatic carbocycles. The number of hydrogen-bond donors (Lipinski definition) is 1. The van der Waals surface area contributed by atoms with E-state index in [0.717, 1.165) is 18.2 Å². The van der Waals surface area contributed by atoms with Gasteiger partial charge in [0.25, 0.3) is 11.4 Å². The Morgan fingerprint density at radius 3 is 2.26 bits per heavy atom. The molecule has 1 amide bonds. The van der Waals surface area contributed by atoms with Crippen LogP contribution in [0.4, 0.5) is 17.1 Å². The third-order valence-corrected chi connectivity index (χ3v) is 2.54. The molecule has 1 N–H and O–H groups in total. The van der Waals surface area contributed by atoms with Gasteiger partial charge in [0.05, 0.1) is 20.2 Å². The smallest absolute Gasteiger partial charge is 0.299 e. The summed E-state index contributed by atoms with van der Waals surface area (Å²) >= 11 is 3.11.